The number of guanidine groups is 1. The highest BCUT2D eigenvalue weighted by molar-refractivity contribution is 5.97. The molecule has 1 heterocycles. The van der Waals surface area contributed by atoms with Gasteiger partial charge in [-0.25, -0.2) is 9.78 Å². The molecule has 0 aliphatic heterocycles. The van der Waals surface area contributed by atoms with E-state index in [9.17, 15) is 58.5 Å². The Labute approximate surface area is 353 Å². The number of aliphatic hydroxyl groups is 1. The maximum absolute atomic E-state index is 13.8. The zero-order chi connectivity index (χ0) is 46.4. The van der Waals surface area contributed by atoms with Crippen LogP contribution in [0, 0.1) is 11.8 Å². The second-order valence-electron chi connectivity index (χ2n) is 15.2. The van der Waals surface area contributed by atoms with Crippen molar-refractivity contribution in [3.05, 3.63) is 18.2 Å². The maximum atomic E-state index is 13.8. The van der Waals surface area contributed by atoms with Crippen LogP contribution in [-0.2, 0) is 49.6 Å². The number of nitrogens with two attached hydrogens (primary N) is 2. The van der Waals surface area contributed by atoms with Gasteiger partial charge >= 0.3 is 11.9 Å². The molecule has 0 radical (unpaired) electrons. The fraction of sp³-hybridized carbons (Fsp3) is 0.649. The van der Waals surface area contributed by atoms with Crippen molar-refractivity contribution in [3.8, 4) is 0 Å². The van der Waals surface area contributed by atoms with Gasteiger partial charge in [-0.1, -0.05) is 27.7 Å². The number of hydrogen-bond donors (Lipinski definition) is 13. The fourth-order valence-electron chi connectivity index (χ4n) is 5.73. The van der Waals surface area contributed by atoms with Gasteiger partial charge in [0.15, 0.2) is 5.96 Å². The van der Waals surface area contributed by atoms with E-state index in [4.69, 9.17) is 11.5 Å². The number of aliphatic hydroxyl groups excluding tert-OH is 1. The Hall–Kier alpha value is -6.33. The first-order valence-electron chi connectivity index (χ1n) is 19.7. The third kappa shape index (κ3) is 21.0. The van der Waals surface area contributed by atoms with Crippen molar-refractivity contribution in [2.24, 2.45) is 28.3 Å². The molecule has 0 aliphatic rings. The molecular weight excluding hydrogens is 804 g/mol. The summed E-state index contributed by atoms with van der Waals surface area (Å²) in [6, 6.07) is -9.54. The molecular formula is C37H62N12O12. The zero-order valence-corrected chi connectivity index (χ0v) is 35.3. The number of aliphatic imine (C=N–C) groups is 1. The third-order valence-corrected chi connectivity index (χ3v) is 8.76. The Morgan fingerprint density at radius 3 is 1.64 bits per heavy atom. The first-order valence-corrected chi connectivity index (χ1v) is 19.7. The lowest BCUT2D eigenvalue weighted by molar-refractivity contribution is -0.142. The number of aromatic nitrogens is 2. The van der Waals surface area contributed by atoms with Crippen LogP contribution in [0.2, 0.25) is 0 Å². The molecule has 0 unspecified atom stereocenters. The average molecular weight is 867 g/mol. The lowest BCUT2D eigenvalue weighted by atomic mass is 9.99. The average Bonchev–Trinajstić information content (AvgIpc) is 3.67. The molecule has 342 valence electrons. The van der Waals surface area contributed by atoms with Crippen LogP contribution >= 0.6 is 0 Å². The number of rotatable bonds is 28. The molecule has 0 aliphatic carbocycles. The molecule has 15 N–H and O–H groups in total. The zero-order valence-electron chi connectivity index (χ0n) is 35.3. The van der Waals surface area contributed by atoms with Crippen LogP contribution < -0.4 is 48.7 Å². The first kappa shape index (κ1) is 52.7. The summed E-state index contributed by atoms with van der Waals surface area (Å²) in [5.41, 5.74) is 10.9. The minimum atomic E-state index is -1.56. The number of carboxylic acids is 2. The molecule has 0 fully saturated rings. The van der Waals surface area contributed by atoms with Crippen LogP contribution in [0.25, 0.3) is 0 Å². The number of aromatic amines is 1. The van der Waals surface area contributed by atoms with Crippen LogP contribution in [0.3, 0.4) is 0 Å². The molecule has 24 heteroatoms. The van der Waals surface area contributed by atoms with Gasteiger partial charge in [0.05, 0.1) is 12.9 Å². The van der Waals surface area contributed by atoms with Gasteiger partial charge in [-0.3, -0.25) is 43.3 Å². The lowest BCUT2D eigenvalue weighted by Gasteiger charge is -2.28. The predicted octanol–water partition coefficient (Wildman–Crippen LogP) is -3.53. The molecule has 24 nitrogen and oxygen atoms in total. The minimum Gasteiger partial charge on any atom is -0.481 e. The molecule has 0 saturated carbocycles. The molecule has 1 aromatic rings. The summed E-state index contributed by atoms with van der Waals surface area (Å²) in [6.07, 6.45) is 1.75. The molecule has 0 aromatic carbocycles. The van der Waals surface area contributed by atoms with Gasteiger partial charge in [0.1, 0.15) is 42.3 Å². The van der Waals surface area contributed by atoms with Crippen molar-refractivity contribution in [2.75, 3.05) is 13.2 Å². The fourth-order valence-corrected chi connectivity index (χ4v) is 5.73. The highest BCUT2D eigenvalue weighted by Crippen LogP contribution is 2.11. The van der Waals surface area contributed by atoms with Crippen molar-refractivity contribution < 1.29 is 58.5 Å². The van der Waals surface area contributed by atoms with Crippen molar-refractivity contribution in [1.82, 2.24) is 47.2 Å². The standard InChI is InChI=1S/C37H62N12O12/c1-18(2)12-25(32(56)43-20(5)30(54)46-24(36(60)61)8-7-11-41-37(38)39)48-33(57)26(13-19(3)4)47-31(55)23(9-10-29(52)53)45-34(58)27(14-22-15-40-17-42-22)49-35(59)28(16-50)44-21(6)51/h15,17-20,23-28,50H,7-14,16H2,1-6H3,(H,40,42)(H,43,56)(H,44,51)(H,45,58)(H,46,54)(H,47,55)(H,48,57)(H,49,59)(H,52,53)(H,60,61)(H4,38,39,41)/t20-,23-,24-,25-,26-,27-,28-/m0/s1. The number of H-pyrrole nitrogens is 1. The smallest absolute Gasteiger partial charge is 0.326 e. The summed E-state index contributed by atoms with van der Waals surface area (Å²) in [5, 5.41) is 45.8. The summed E-state index contributed by atoms with van der Waals surface area (Å²) < 4.78 is 0. The molecule has 7 amide bonds. The molecule has 61 heavy (non-hydrogen) atoms. The predicted molar refractivity (Wildman–Crippen MR) is 218 cm³/mol. The molecule has 7 atom stereocenters. The van der Waals surface area contributed by atoms with Crippen LogP contribution in [0.4, 0.5) is 0 Å². The van der Waals surface area contributed by atoms with Crippen LogP contribution in [0.5, 0.6) is 0 Å². The van der Waals surface area contributed by atoms with E-state index in [0.717, 1.165) is 6.92 Å². The Morgan fingerprint density at radius 2 is 1.16 bits per heavy atom. The Bertz CT molecular complexity index is 1680. The largest absolute Gasteiger partial charge is 0.481 e. The van der Waals surface area contributed by atoms with E-state index in [0.29, 0.717) is 5.69 Å². The monoisotopic (exact) mass is 866 g/mol. The summed E-state index contributed by atoms with van der Waals surface area (Å²) in [7, 11) is 0. The van der Waals surface area contributed by atoms with Gasteiger partial charge < -0.3 is 69.0 Å². The first-order chi connectivity index (χ1) is 28.5. The summed E-state index contributed by atoms with van der Waals surface area (Å²) >= 11 is 0. The van der Waals surface area contributed by atoms with Gasteiger partial charge in [0, 0.05) is 38.2 Å². The molecule has 0 saturated heterocycles. The van der Waals surface area contributed by atoms with Crippen molar-refractivity contribution >= 4 is 59.2 Å². The van der Waals surface area contributed by atoms with Gasteiger partial charge in [-0.15, -0.1) is 0 Å². The number of imidazole rings is 1. The van der Waals surface area contributed by atoms with E-state index in [2.05, 4.69) is 52.2 Å². The number of amides is 7. The second-order valence-corrected chi connectivity index (χ2v) is 15.2. The highest BCUT2D eigenvalue weighted by atomic mass is 16.4. The summed E-state index contributed by atoms with van der Waals surface area (Å²) in [5.74, 6) is -9.09. The van der Waals surface area contributed by atoms with E-state index >= 15 is 0 Å². The van der Waals surface area contributed by atoms with Crippen molar-refractivity contribution in [3.63, 3.8) is 0 Å². The normalized spacial score (nSPS) is 14.4. The summed E-state index contributed by atoms with van der Waals surface area (Å²) in [6.45, 7) is 8.82. The topological polar surface area (TPSA) is 392 Å². The van der Waals surface area contributed by atoms with E-state index in [1.165, 1.54) is 19.4 Å². The van der Waals surface area contributed by atoms with Gasteiger partial charge in [0.25, 0.3) is 0 Å². The number of carbonyl (C=O) groups is 9. The molecule has 1 rings (SSSR count). The Balaban J connectivity index is 3.28. The number of aliphatic carboxylic acids is 2. The van der Waals surface area contributed by atoms with E-state index in [-0.39, 0.29) is 56.4 Å². The second kappa shape index (κ2) is 26.7. The van der Waals surface area contributed by atoms with Gasteiger partial charge in [-0.05, 0) is 50.9 Å². The van der Waals surface area contributed by atoms with Crippen molar-refractivity contribution in [1.29, 1.82) is 0 Å². The van der Waals surface area contributed by atoms with E-state index in [1.807, 2.05) is 0 Å². The molecule has 1 aromatic heterocycles. The van der Waals surface area contributed by atoms with E-state index < -0.39 is 115 Å². The minimum absolute atomic E-state index is 0.0122. The van der Waals surface area contributed by atoms with Gasteiger partial charge in [-0.2, -0.15) is 0 Å². The number of nitrogens with one attached hydrogen (secondary N) is 8. The Kier molecular flexibility index (Phi) is 23.1. The molecule has 0 bridgehead atoms. The third-order valence-electron chi connectivity index (χ3n) is 8.76. The van der Waals surface area contributed by atoms with Crippen molar-refractivity contribution in [2.45, 2.75) is 129 Å². The van der Waals surface area contributed by atoms with Crippen LogP contribution in [-0.4, -0.2) is 140 Å². The highest BCUT2D eigenvalue weighted by Gasteiger charge is 2.34. The SMILES string of the molecule is CC(=O)N[C@@H](CO)C(=O)N[C@@H](Cc1cnc[nH]1)C(=O)N[C@@H](CCC(=O)O)C(=O)N[C@@H](CC(C)C)C(=O)N[C@@H](CC(C)C)C(=O)N[C@@H](C)C(=O)N[C@@H](CCCN=C(N)N)C(=O)O. The maximum Gasteiger partial charge on any atom is 0.326 e. The van der Waals surface area contributed by atoms with Gasteiger partial charge in [0.2, 0.25) is 41.4 Å². The number of hydrogen-bond acceptors (Lipinski definition) is 12. The van der Waals surface area contributed by atoms with Crippen LogP contribution in [0.1, 0.15) is 85.8 Å². The number of nitrogens with zero attached hydrogens (tertiary/aromatic N) is 2. The Morgan fingerprint density at radius 1 is 0.672 bits per heavy atom. The summed E-state index contributed by atoms with van der Waals surface area (Å²) in [4.78, 5) is 126. The lowest BCUT2D eigenvalue weighted by Crippen LogP contribution is -2.60. The quantitative estimate of drug-likeness (QED) is 0.0221. The number of carboxylic acid groups (broad SMARTS) is 2. The number of carbonyl (C=O) groups excluding carboxylic acids is 7. The molecule has 0 spiro atoms. The van der Waals surface area contributed by atoms with Crippen LogP contribution in [0.15, 0.2) is 17.5 Å². The van der Waals surface area contributed by atoms with E-state index in [1.54, 1.807) is 27.7 Å².